The van der Waals surface area contributed by atoms with Gasteiger partial charge in [-0.05, 0) is 57.8 Å². The molecule has 0 amide bonds. The van der Waals surface area contributed by atoms with E-state index in [1.54, 1.807) is 0 Å². The fourth-order valence-corrected chi connectivity index (χ4v) is 7.16. The van der Waals surface area contributed by atoms with Gasteiger partial charge in [-0.15, -0.1) is 0 Å². The van der Waals surface area contributed by atoms with Crippen LogP contribution in [-0.4, -0.2) is 37.2 Å². The predicted octanol–water partition coefficient (Wildman–Crippen LogP) is 17.2. The highest BCUT2D eigenvalue weighted by molar-refractivity contribution is 5.71. The second-order valence-corrected chi connectivity index (χ2v) is 17.2. The Morgan fingerprint density at radius 1 is 0.333 bits per heavy atom. The van der Waals surface area contributed by atoms with Gasteiger partial charge in [-0.25, -0.2) is 0 Å². The van der Waals surface area contributed by atoms with Crippen LogP contribution in [0.4, 0.5) is 0 Å². The standard InChI is InChI=1S/C57H96O6/c1-4-7-10-13-16-19-22-25-26-27-28-29-30-33-35-38-41-44-47-50-56(59)62-53-54(63-57(60)51-48-45-42-39-36-32-24-21-18-15-12-9-6-3)52-61-55(58)49-46-43-40-37-34-31-23-20-17-14-11-8-5-2/h8-9,11-12,14-15,17-18,20-21,23-24,32,36,54H,4-7,10,13,16,19,22,25-31,33-35,37-53H2,1-3H3/b11-8+,12-9+,17-14+,18-15+,23-20+,24-21+,36-32+. The molecule has 0 aromatic carbocycles. The summed E-state index contributed by atoms with van der Waals surface area (Å²) in [5, 5.41) is 0. The number of rotatable bonds is 46. The lowest BCUT2D eigenvalue weighted by atomic mass is 10.0. The summed E-state index contributed by atoms with van der Waals surface area (Å²) >= 11 is 0. The van der Waals surface area contributed by atoms with E-state index in [4.69, 9.17) is 14.2 Å². The van der Waals surface area contributed by atoms with E-state index >= 15 is 0 Å². The number of carbonyl (C=O) groups excluding carboxylic acids is 3. The van der Waals surface area contributed by atoms with Crippen molar-refractivity contribution in [2.24, 2.45) is 0 Å². The quantitative estimate of drug-likeness (QED) is 0.0262. The van der Waals surface area contributed by atoms with Crippen molar-refractivity contribution in [3.05, 3.63) is 85.1 Å². The largest absolute Gasteiger partial charge is 0.462 e. The molecule has 0 rings (SSSR count). The van der Waals surface area contributed by atoms with Crippen LogP contribution in [0.2, 0.25) is 0 Å². The summed E-state index contributed by atoms with van der Waals surface area (Å²) in [5.74, 6) is -0.958. The molecule has 0 aromatic rings. The number of carbonyl (C=O) groups is 3. The van der Waals surface area contributed by atoms with Crippen LogP contribution < -0.4 is 0 Å². The summed E-state index contributed by atoms with van der Waals surface area (Å²) < 4.78 is 16.7. The van der Waals surface area contributed by atoms with Crippen molar-refractivity contribution in [1.29, 1.82) is 0 Å². The minimum absolute atomic E-state index is 0.0982. The Bertz CT molecular complexity index is 1240. The summed E-state index contributed by atoms with van der Waals surface area (Å²) in [5.41, 5.74) is 0. The van der Waals surface area contributed by atoms with Crippen LogP contribution in [0, 0.1) is 0 Å². The van der Waals surface area contributed by atoms with Crippen molar-refractivity contribution >= 4 is 17.9 Å². The molecule has 0 saturated carbocycles. The third-order valence-corrected chi connectivity index (χ3v) is 11.1. The fraction of sp³-hybridized carbons (Fsp3) is 0.702. The van der Waals surface area contributed by atoms with E-state index in [2.05, 4.69) is 69.4 Å². The summed E-state index contributed by atoms with van der Waals surface area (Å²) in [7, 11) is 0. The number of hydrogen-bond donors (Lipinski definition) is 0. The van der Waals surface area contributed by atoms with Gasteiger partial charge in [0.15, 0.2) is 6.10 Å². The molecule has 0 N–H and O–H groups in total. The van der Waals surface area contributed by atoms with Crippen LogP contribution in [0.5, 0.6) is 0 Å². The Hall–Kier alpha value is -3.41. The Labute approximate surface area is 388 Å². The first kappa shape index (κ1) is 59.6. The Kier molecular flexibility index (Phi) is 48.5. The van der Waals surface area contributed by atoms with Crippen LogP contribution in [0.15, 0.2) is 85.1 Å². The molecule has 0 saturated heterocycles. The van der Waals surface area contributed by atoms with Gasteiger partial charge in [-0.3, -0.25) is 14.4 Å². The monoisotopic (exact) mass is 877 g/mol. The minimum atomic E-state index is -0.803. The predicted molar refractivity (Wildman–Crippen MR) is 270 cm³/mol. The highest BCUT2D eigenvalue weighted by Crippen LogP contribution is 2.16. The first-order valence-electron chi connectivity index (χ1n) is 26.2. The van der Waals surface area contributed by atoms with Gasteiger partial charge in [0.05, 0.1) is 0 Å². The van der Waals surface area contributed by atoms with E-state index in [1.165, 1.54) is 103 Å². The van der Waals surface area contributed by atoms with Crippen molar-refractivity contribution in [2.75, 3.05) is 13.2 Å². The van der Waals surface area contributed by atoms with Gasteiger partial charge in [0.25, 0.3) is 0 Å². The molecular formula is C57H96O6. The lowest BCUT2D eigenvalue weighted by Crippen LogP contribution is -2.30. The van der Waals surface area contributed by atoms with E-state index in [-0.39, 0.29) is 37.5 Å². The maximum atomic E-state index is 12.8. The van der Waals surface area contributed by atoms with Crippen LogP contribution in [-0.2, 0) is 28.6 Å². The van der Waals surface area contributed by atoms with Crippen molar-refractivity contribution in [3.63, 3.8) is 0 Å². The first-order valence-corrected chi connectivity index (χ1v) is 26.2. The SMILES string of the molecule is CC/C=C/C=C/C=C/C=C/CCCCCC(=O)OC(COC(=O)CCCCCCC/C=C/C=C/C=C/CC)COC(=O)CCCCCCCCCCCCCCCCCCCCC. The average molecular weight is 877 g/mol. The molecule has 0 fully saturated rings. The van der Waals surface area contributed by atoms with Gasteiger partial charge in [0.2, 0.25) is 0 Å². The zero-order valence-electron chi connectivity index (χ0n) is 41.1. The van der Waals surface area contributed by atoms with E-state index in [9.17, 15) is 14.4 Å². The van der Waals surface area contributed by atoms with E-state index in [1.807, 2.05) is 36.5 Å². The average Bonchev–Trinajstić information content (AvgIpc) is 3.28. The molecule has 0 spiro atoms. The summed E-state index contributed by atoms with van der Waals surface area (Å²) in [6.07, 6.45) is 65.8. The lowest BCUT2D eigenvalue weighted by Gasteiger charge is -2.18. The van der Waals surface area contributed by atoms with Crippen LogP contribution in [0.1, 0.15) is 239 Å². The zero-order chi connectivity index (χ0) is 45.8. The van der Waals surface area contributed by atoms with Gasteiger partial charge in [0, 0.05) is 19.3 Å². The number of hydrogen-bond acceptors (Lipinski definition) is 6. The normalized spacial score (nSPS) is 12.7. The molecule has 6 heteroatoms. The summed E-state index contributed by atoms with van der Waals surface area (Å²) in [6, 6.07) is 0. The number of unbranched alkanes of at least 4 members (excludes halogenated alkanes) is 26. The Morgan fingerprint density at radius 2 is 0.619 bits per heavy atom. The smallest absolute Gasteiger partial charge is 0.306 e. The molecule has 0 radical (unpaired) electrons. The van der Waals surface area contributed by atoms with Gasteiger partial charge in [0.1, 0.15) is 13.2 Å². The van der Waals surface area contributed by atoms with E-state index < -0.39 is 6.10 Å². The maximum Gasteiger partial charge on any atom is 0.306 e. The van der Waals surface area contributed by atoms with E-state index in [0.717, 1.165) is 89.9 Å². The molecule has 1 unspecified atom stereocenters. The molecule has 0 aliphatic rings. The van der Waals surface area contributed by atoms with Crippen LogP contribution in [0.25, 0.3) is 0 Å². The molecule has 360 valence electrons. The minimum Gasteiger partial charge on any atom is -0.462 e. The zero-order valence-corrected chi connectivity index (χ0v) is 41.1. The lowest BCUT2D eigenvalue weighted by molar-refractivity contribution is -0.167. The van der Waals surface area contributed by atoms with Crippen molar-refractivity contribution in [3.8, 4) is 0 Å². The highest BCUT2D eigenvalue weighted by atomic mass is 16.6. The topological polar surface area (TPSA) is 78.9 Å². The molecule has 0 aliphatic heterocycles. The molecule has 1 atom stereocenters. The molecule has 0 aromatic heterocycles. The Balaban J connectivity index is 4.39. The van der Waals surface area contributed by atoms with Gasteiger partial charge < -0.3 is 14.2 Å². The second kappa shape index (κ2) is 51.2. The third-order valence-electron chi connectivity index (χ3n) is 11.1. The van der Waals surface area contributed by atoms with Crippen LogP contribution in [0.3, 0.4) is 0 Å². The highest BCUT2D eigenvalue weighted by Gasteiger charge is 2.19. The molecule has 0 aliphatic carbocycles. The maximum absolute atomic E-state index is 12.8. The number of allylic oxidation sites excluding steroid dienone is 14. The van der Waals surface area contributed by atoms with Crippen molar-refractivity contribution in [1.82, 2.24) is 0 Å². The third kappa shape index (κ3) is 49.5. The Morgan fingerprint density at radius 3 is 0.984 bits per heavy atom. The molecule has 63 heavy (non-hydrogen) atoms. The number of ether oxygens (including phenoxy) is 3. The van der Waals surface area contributed by atoms with E-state index in [0.29, 0.717) is 19.3 Å². The number of esters is 3. The van der Waals surface area contributed by atoms with Gasteiger partial charge >= 0.3 is 17.9 Å². The molecule has 6 nitrogen and oxygen atoms in total. The molecule has 0 heterocycles. The molecular weight excluding hydrogens is 781 g/mol. The second-order valence-electron chi connectivity index (χ2n) is 17.2. The van der Waals surface area contributed by atoms with Crippen LogP contribution >= 0.6 is 0 Å². The van der Waals surface area contributed by atoms with Crippen molar-refractivity contribution in [2.45, 2.75) is 245 Å². The van der Waals surface area contributed by atoms with Gasteiger partial charge in [-0.2, -0.15) is 0 Å². The summed E-state index contributed by atoms with van der Waals surface area (Å²) in [4.78, 5) is 38.0. The van der Waals surface area contributed by atoms with Crippen molar-refractivity contribution < 1.29 is 28.6 Å². The summed E-state index contributed by atoms with van der Waals surface area (Å²) in [6.45, 7) is 6.32. The fourth-order valence-electron chi connectivity index (χ4n) is 7.16. The van der Waals surface area contributed by atoms with Gasteiger partial charge in [-0.1, -0.05) is 247 Å². The molecule has 0 bridgehead atoms. The first-order chi connectivity index (χ1) is 31.0.